The quantitative estimate of drug-likeness (QED) is 0.626. The summed E-state index contributed by atoms with van der Waals surface area (Å²) in [5.74, 6) is -0.0241. The van der Waals surface area contributed by atoms with Crippen molar-refractivity contribution in [3.63, 3.8) is 0 Å². The van der Waals surface area contributed by atoms with Crippen LogP contribution in [0.2, 0.25) is 0 Å². The van der Waals surface area contributed by atoms with Gasteiger partial charge in [0.1, 0.15) is 29.8 Å². The minimum Gasteiger partial charge on any atom is -0.489 e. The molecule has 0 heterocycles. The molecule has 4 nitrogen and oxygen atoms in total. The van der Waals surface area contributed by atoms with Crippen molar-refractivity contribution in [2.75, 3.05) is 14.1 Å². The van der Waals surface area contributed by atoms with Crippen LogP contribution in [-0.2, 0) is 11.4 Å². The number of rotatable bonds is 5. The van der Waals surface area contributed by atoms with Crippen LogP contribution in [0.4, 0.5) is 4.39 Å². The highest BCUT2D eigenvalue weighted by atomic mass is 19.1. The molecular formula is C19H17FN2O2. The molecule has 122 valence electrons. The van der Waals surface area contributed by atoms with E-state index < -0.39 is 0 Å². The van der Waals surface area contributed by atoms with Crippen molar-refractivity contribution in [2.45, 2.75) is 6.61 Å². The molecule has 0 N–H and O–H groups in total. The first-order chi connectivity index (χ1) is 11.5. The number of nitriles is 1. The van der Waals surface area contributed by atoms with E-state index in [1.54, 1.807) is 50.5 Å². The van der Waals surface area contributed by atoms with Gasteiger partial charge in [-0.3, -0.25) is 4.79 Å². The Balaban J connectivity index is 2.05. The lowest BCUT2D eigenvalue weighted by Gasteiger charge is -2.09. The third-order valence-corrected chi connectivity index (χ3v) is 3.24. The third kappa shape index (κ3) is 4.68. The van der Waals surface area contributed by atoms with Crippen LogP contribution in [0.3, 0.4) is 0 Å². The zero-order valence-electron chi connectivity index (χ0n) is 13.5. The van der Waals surface area contributed by atoms with Crippen molar-refractivity contribution in [3.05, 3.63) is 71.0 Å². The summed E-state index contributed by atoms with van der Waals surface area (Å²) in [7, 11) is 3.19. The molecule has 0 saturated heterocycles. The van der Waals surface area contributed by atoms with E-state index in [2.05, 4.69) is 0 Å². The average molecular weight is 324 g/mol. The number of benzene rings is 2. The number of carbonyl (C=O) groups is 1. The van der Waals surface area contributed by atoms with Gasteiger partial charge in [-0.25, -0.2) is 4.39 Å². The number of hydrogen-bond acceptors (Lipinski definition) is 3. The van der Waals surface area contributed by atoms with Crippen LogP contribution in [0.25, 0.3) is 6.08 Å². The van der Waals surface area contributed by atoms with Crippen LogP contribution in [0.5, 0.6) is 5.75 Å². The molecule has 0 fully saturated rings. The molecule has 0 aromatic heterocycles. The Morgan fingerprint density at radius 1 is 1.25 bits per heavy atom. The first-order valence-electron chi connectivity index (χ1n) is 7.30. The number of ether oxygens (including phenoxy) is 1. The van der Waals surface area contributed by atoms with E-state index in [1.807, 2.05) is 6.07 Å². The second-order valence-electron chi connectivity index (χ2n) is 5.36. The van der Waals surface area contributed by atoms with Crippen molar-refractivity contribution in [3.8, 4) is 11.8 Å². The topological polar surface area (TPSA) is 53.3 Å². The standard InChI is InChI=1S/C19H17FN2O2/c1-22(2)19(23)16(12-21)10-14-6-8-18(9-7-14)24-13-15-4-3-5-17(20)11-15/h3-11H,13H2,1-2H3/b16-10-. The van der Waals surface area contributed by atoms with E-state index in [-0.39, 0.29) is 23.9 Å². The summed E-state index contributed by atoms with van der Waals surface area (Å²) in [6, 6.07) is 15.1. The van der Waals surface area contributed by atoms with E-state index >= 15 is 0 Å². The Morgan fingerprint density at radius 3 is 2.54 bits per heavy atom. The molecule has 2 rings (SSSR count). The first kappa shape index (κ1) is 17.2. The van der Waals surface area contributed by atoms with Crippen LogP contribution in [0, 0.1) is 17.1 Å². The number of nitrogens with zero attached hydrogens (tertiary/aromatic N) is 2. The van der Waals surface area contributed by atoms with Gasteiger partial charge >= 0.3 is 0 Å². The largest absolute Gasteiger partial charge is 0.489 e. The van der Waals surface area contributed by atoms with Crippen molar-refractivity contribution in [1.29, 1.82) is 5.26 Å². The van der Waals surface area contributed by atoms with E-state index in [1.165, 1.54) is 23.1 Å². The highest BCUT2D eigenvalue weighted by Gasteiger charge is 2.10. The smallest absolute Gasteiger partial charge is 0.264 e. The second kappa shape index (κ2) is 7.93. The number of hydrogen-bond donors (Lipinski definition) is 0. The van der Waals surface area contributed by atoms with Crippen LogP contribution in [0.1, 0.15) is 11.1 Å². The molecule has 0 aliphatic heterocycles. The molecule has 0 radical (unpaired) electrons. The molecule has 0 aliphatic rings. The molecule has 0 bridgehead atoms. The molecule has 0 aliphatic carbocycles. The Kier molecular flexibility index (Phi) is 5.69. The van der Waals surface area contributed by atoms with E-state index in [4.69, 9.17) is 10.00 Å². The van der Waals surface area contributed by atoms with Crippen LogP contribution in [0.15, 0.2) is 54.1 Å². The molecule has 0 saturated carbocycles. The van der Waals surface area contributed by atoms with Crippen LogP contribution < -0.4 is 4.74 Å². The molecule has 5 heteroatoms. The van der Waals surface area contributed by atoms with Gasteiger partial charge in [-0.15, -0.1) is 0 Å². The van der Waals surface area contributed by atoms with Gasteiger partial charge in [0.05, 0.1) is 0 Å². The van der Waals surface area contributed by atoms with Gasteiger partial charge in [0, 0.05) is 14.1 Å². The van der Waals surface area contributed by atoms with E-state index in [0.29, 0.717) is 5.75 Å². The predicted molar refractivity (Wildman–Crippen MR) is 89.5 cm³/mol. The monoisotopic (exact) mass is 324 g/mol. The molecule has 2 aromatic rings. The van der Waals surface area contributed by atoms with Crippen molar-refractivity contribution in [1.82, 2.24) is 4.90 Å². The Labute approximate surface area is 140 Å². The van der Waals surface area contributed by atoms with Gasteiger partial charge in [0.15, 0.2) is 0 Å². The lowest BCUT2D eigenvalue weighted by molar-refractivity contribution is -0.124. The molecule has 0 unspecified atom stereocenters. The maximum Gasteiger partial charge on any atom is 0.264 e. The van der Waals surface area contributed by atoms with E-state index in [0.717, 1.165) is 11.1 Å². The SMILES string of the molecule is CN(C)C(=O)/C(C#N)=C\c1ccc(OCc2cccc(F)c2)cc1. The summed E-state index contributed by atoms with van der Waals surface area (Å²) in [4.78, 5) is 13.2. The summed E-state index contributed by atoms with van der Waals surface area (Å²) in [5, 5.41) is 9.07. The number of likely N-dealkylation sites (N-methyl/N-ethyl adjacent to an activating group) is 1. The first-order valence-corrected chi connectivity index (χ1v) is 7.30. The highest BCUT2D eigenvalue weighted by Crippen LogP contribution is 2.17. The average Bonchev–Trinajstić information content (AvgIpc) is 2.58. The molecular weight excluding hydrogens is 307 g/mol. The Bertz CT molecular complexity index is 790. The van der Waals surface area contributed by atoms with Crippen molar-refractivity contribution in [2.24, 2.45) is 0 Å². The van der Waals surface area contributed by atoms with Crippen molar-refractivity contribution < 1.29 is 13.9 Å². The third-order valence-electron chi connectivity index (χ3n) is 3.24. The number of amides is 1. The summed E-state index contributed by atoms with van der Waals surface area (Å²) < 4.78 is 18.7. The van der Waals surface area contributed by atoms with Gasteiger partial charge in [-0.2, -0.15) is 5.26 Å². The molecule has 1 amide bonds. The molecule has 0 atom stereocenters. The highest BCUT2D eigenvalue weighted by molar-refractivity contribution is 6.01. The molecule has 24 heavy (non-hydrogen) atoms. The lowest BCUT2D eigenvalue weighted by atomic mass is 10.1. The Morgan fingerprint density at radius 2 is 1.96 bits per heavy atom. The normalized spacial score (nSPS) is 10.8. The predicted octanol–water partition coefficient (Wildman–Crippen LogP) is 3.40. The molecule has 0 spiro atoms. The van der Waals surface area contributed by atoms with Gasteiger partial charge in [-0.1, -0.05) is 24.3 Å². The van der Waals surface area contributed by atoms with Crippen LogP contribution >= 0.6 is 0 Å². The Hall–Kier alpha value is -3.13. The maximum atomic E-state index is 13.1. The zero-order chi connectivity index (χ0) is 17.5. The minimum absolute atomic E-state index is 0.0634. The van der Waals surface area contributed by atoms with Crippen molar-refractivity contribution >= 4 is 12.0 Å². The summed E-state index contributed by atoms with van der Waals surface area (Å²) in [6.45, 7) is 0.259. The maximum absolute atomic E-state index is 13.1. The van der Waals surface area contributed by atoms with Gasteiger partial charge in [0.2, 0.25) is 0 Å². The fourth-order valence-corrected chi connectivity index (χ4v) is 2.00. The fraction of sp³-hybridized carbons (Fsp3) is 0.158. The summed E-state index contributed by atoms with van der Waals surface area (Å²) >= 11 is 0. The van der Waals surface area contributed by atoms with Crippen LogP contribution in [-0.4, -0.2) is 24.9 Å². The molecule has 2 aromatic carbocycles. The van der Waals surface area contributed by atoms with E-state index in [9.17, 15) is 9.18 Å². The lowest BCUT2D eigenvalue weighted by Crippen LogP contribution is -2.22. The van der Waals surface area contributed by atoms with Gasteiger partial charge < -0.3 is 9.64 Å². The van der Waals surface area contributed by atoms with Gasteiger partial charge in [0.25, 0.3) is 5.91 Å². The minimum atomic E-state index is -0.344. The number of carbonyl (C=O) groups excluding carboxylic acids is 1. The van der Waals surface area contributed by atoms with Gasteiger partial charge in [-0.05, 0) is 41.5 Å². The number of halogens is 1. The summed E-state index contributed by atoms with van der Waals surface area (Å²) in [5.41, 5.74) is 1.52. The second-order valence-corrected chi connectivity index (χ2v) is 5.36. The summed E-state index contributed by atoms with van der Waals surface area (Å²) in [6.07, 6.45) is 1.53. The fourth-order valence-electron chi connectivity index (χ4n) is 2.00. The zero-order valence-corrected chi connectivity index (χ0v) is 13.5.